The van der Waals surface area contributed by atoms with Crippen molar-refractivity contribution in [2.24, 2.45) is 0 Å². The molecular weight excluding hydrogens is 326 g/mol. The van der Waals surface area contributed by atoms with Crippen molar-refractivity contribution in [1.82, 2.24) is 4.31 Å². The molecule has 2 heterocycles. The molecular formula is C15H20ClNO4S. The van der Waals surface area contributed by atoms with Gasteiger partial charge in [0.15, 0.2) is 0 Å². The maximum Gasteiger partial charge on any atom is 0.245 e. The van der Waals surface area contributed by atoms with Crippen LogP contribution in [0.25, 0.3) is 0 Å². The first-order chi connectivity index (χ1) is 10.5. The highest BCUT2D eigenvalue weighted by atomic mass is 35.5. The van der Waals surface area contributed by atoms with Crippen molar-refractivity contribution in [1.29, 1.82) is 0 Å². The Labute approximate surface area is 136 Å². The molecule has 0 aromatic heterocycles. The number of rotatable bonds is 3. The van der Waals surface area contributed by atoms with Crippen LogP contribution in [0.3, 0.4) is 0 Å². The average Bonchev–Trinajstić information content (AvgIpc) is 3.01. The standard InChI is InChI=1S/C15H20ClNO4S/c1-11-4-5-15(12(16)9-11)22(18,19)17-6-8-20-10-13(17)14-3-2-7-21-14/h4-5,9,13-14H,2-3,6-8,10H2,1H3. The Morgan fingerprint density at radius 3 is 2.82 bits per heavy atom. The minimum Gasteiger partial charge on any atom is -0.378 e. The summed E-state index contributed by atoms with van der Waals surface area (Å²) in [5.41, 5.74) is 0.932. The van der Waals surface area contributed by atoms with E-state index in [-0.39, 0.29) is 22.1 Å². The van der Waals surface area contributed by atoms with Gasteiger partial charge >= 0.3 is 0 Å². The summed E-state index contributed by atoms with van der Waals surface area (Å²) >= 11 is 6.17. The van der Waals surface area contributed by atoms with Gasteiger partial charge in [-0.05, 0) is 37.5 Å². The zero-order chi connectivity index (χ0) is 15.7. The van der Waals surface area contributed by atoms with Gasteiger partial charge in [-0.15, -0.1) is 0 Å². The first-order valence-corrected chi connectivity index (χ1v) is 9.29. The van der Waals surface area contributed by atoms with Crippen LogP contribution >= 0.6 is 11.6 Å². The molecule has 0 radical (unpaired) electrons. The molecule has 0 spiro atoms. The maximum atomic E-state index is 13.0. The van der Waals surface area contributed by atoms with Crippen molar-refractivity contribution in [3.63, 3.8) is 0 Å². The van der Waals surface area contributed by atoms with Crippen LogP contribution in [-0.2, 0) is 19.5 Å². The van der Waals surface area contributed by atoms with Crippen LogP contribution in [0.2, 0.25) is 5.02 Å². The number of benzene rings is 1. The quantitative estimate of drug-likeness (QED) is 0.843. The van der Waals surface area contributed by atoms with Gasteiger partial charge in [0.1, 0.15) is 4.90 Å². The van der Waals surface area contributed by atoms with Crippen LogP contribution in [0, 0.1) is 6.92 Å². The van der Waals surface area contributed by atoms with Gasteiger partial charge in [0.2, 0.25) is 10.0 Å². The molecule has 3 rings (SSSR count). The molecule has 0 amide bonds. The van der Waals surface area contributed by atoms with E-state index >= 15 is 0 Å². The molecule has 2 aliphatic heterocycles. The summed E-state index contributed by atoms with van der Waals surface area (Å²) in [5.74, 6) is 0. The number of nitrogens with zero attached hydrogens (tertiary/aromatic N) is 1. The molecule has 2 saturated heterocycles. The Hall–Kier alpha value is -0.660. The number of hydrogen-bond acceptors (Lipinski definition) is 4. The summed E-state index contributed by atoms with van der Waals surface area (Å²) in [6.07, 6.45) is 1.72. The van der Waals surface area contributed by atoms with Gasteiger partial charge in [-0.3, -0.25) is 0 Å². The van der Waals surface area contributed by atoms with E-state index in [2.05, 4.69) is 0 Å². The Bertz CT molecular complexity index is 643. The Morgan fingerprint density at radius 2 is 2.14 bits per heavy atom. The maximum absolute atomic E-state index is 13.0. The van der Waals surface area contributed by atoms with Gasteiger partial charge in [0.25, 0.3) is 0 Å². The minimum absolute atomic E-state index is 0.0979. The number of ether oxygens (including phenoxy) is 2. The molecule has 0 aliphatic carbocycles. The van der Waals surface area contributed by atoms with Crippen LogP contribution < -0.4 is 0 Å². The van der Waals surface area contributed by atoms with E-state index < -0.39 is 10.0 Å². The smallest absolute Gasteiger partial charge is 0.245 e. The molecule has 0 saturated carbocycles. The predicted molar refractivity (Wildman–Crippen MR) is 83.7 cm³/mol. The molecule has 5 nitrogen and oxygen atoms in total. The SMILES string of the molecule is Cc1ccc(S(=O)(=O)N2CCOCC2C2CCCO2)c(Cl)c1. The Kier molecular flexibility index (Phi) is 4.75. The summed E-state index contributed by atoms with van der Waals surface area (Å²) < 4.78 is 38.7. The fourth-order valence-corrected chi connectivity index (χ4v) is 5.24. The Balaban J connectivity index is 1.94. The van der Waals surface area contributed by atoms with E-state index in [0.29, 0.717) is 26.4 Å². The highest BCUT2D eigenvalue weighted by molar-refractivity contribution is 7.89. The van der Waals surface area contributed by atoms with Gasteiger partial charge < -0.3 is 9.47 Å². The van der Waals surface area contributed by atoms with Gasteiger partial charge in [0.05, 0.1) is 30.4 Å². The fourth-order valence-electron chi connectivity index (χ4n) is 3.05. The van der Waals surface area contributed by atoms with Gasteiger partial charge in [0, 0.05) is 13.2 Å². The fraction of sp³-hybridized carbons (Fsp3) is 0.600. The third-order valence-electron chi connectivity index (χ3n) is 4.18. The number of halogens is 1. The number of hydrogen-bond donors (Lipinski definition) is 0. The molecule has 2 aliphatic rings. The van der Waals surface area contributed by atoms with Gasteiger partial charge in [-0.1, -0.05) is 17.7 Å². The van der Waals surface area contributed by atoms with E-state index in [1.807, 2.05) is 6.92 Å². The molecule has 22 heavy (non-hydrogen) atoms. The first-order valence-electron chi connectivity index (χ1n) is 7.47. The monoisotopic (exact) mass is 345 g/mol. The third-order valence-corrected chi connectivity index (χ3v) is 6.59. The largest absolute Gasteiger partial charge is 0.378 e. The van der Waals surface area contributed by atoms with Crippen molar-refractivity contribution in [3.8, 4) is 0 Å². The van der Waals surface area contributed by atoms with Crippen LogP contribution in [0.15, 0.2) is 23.1 Å². The summed E-state index contributed by atoms with van der Waals surface area (Å²) in [6.45, 7) is 3.66. The lowest BCUT2D eigenvalue weighted by Gasteiger charge is -2.37. The number of morpholine rings is 1. The second-order valence-electron chi connectivity index (χ2n) is 5.74. The minimum atomic E-state index is -3.65. The van der Waals surface area contributed by atoms with Crippen molar-refractivity contribution < 1.29 is 17.9 Å². The molecule has 2 atom stereocenters. The molecule has 1 aromatic rings. The van der Waals surface area contributed by atoms with E-state index in [1.54, 1.807) is 18.2 Å². The summed E-state index contributed by atoms with van der Waals surface area (Å²) in [5, 5.41) is 0.262. The lowest BCUT2D eigenvalue weighted by atomic mass is 10.1. The highest BCUT2D eigenvalue weighted by Crippen LogP contribution is 2.31. The molecule has 122 valence electrons. The lowest BCUT2D eigenvalue weighted by Crippen LogP contribution is -2.53. The Morgan fingerprint density at radius 1 is 1.32 bits per heavy atom. The molecule has 0 N–H and O–H groups in total. The van der Waals surface area contributed by atoms with Crippen LogP contribution in [0.4, 0.5) is 0 Å². The number of aryl methyl sites for hydroxylation is 1. The summed E-state index contributed by atoms with van der Waals surface area (Å²) in [4.78, 5) is 0.157. The summed E-state index contributed by atoms with van der Waals surface area (Å²) in [6, 6.07) is 4.74. The molecule has 2 unspecified atom stereocenters. The molecule has 2 fully saturated rings. The number of sulfonamides is 1. The first kappa shape index (κ1) is 16.2. The zero-order valence-electron chi connectivity index (χ0n) is 12.5. The molecule has 7 heteroatoms. The third kappa shape index (κ3) is 3.03. The predicted octanol–water partition coefficient (Wildman–Crippen LogP) is 2.22. The highest BCUT2D eigenvalue weighted by Gasteiger charge is 2.40. The van der Waals surface area contributed by atoms with Crippen molar-refractivity contribution in [2.45, 2.75) is 36.8 Å². The van der Waals surface area contributed by atoms with Crippen molar-refractivity contribution in [2.75, 3.05) is 26.4 Å². The van der Waals surface area contributed by atoms with Crippen LogP contribution in [-0.4, -0.2) is 51.2 Å². The van der Waals surface area contributed by atoms with Crippen molar-refractivity contribution >= 4 is 21.6 Å². The van der Waals surface area contributed by atoms with E-state index in [9.17, 15) is 8.42 Å². The average molecular weight is 346 g/mol. The second-order valence-corrected chi connectivity index (χ2v) is 8.01. The lowest BCUT2D eigenvalue weighted by molar-refractivity contribution is -0.0329. The molecule has 1 aromatic carbocycles. The topological polar surface area (TPSA) is 55.8 Å². The van der Waals surface area contributed by atoms with Gasteiger partial charge in [-0.25, -0.2) is 8.42 Å². The van der Waals surface area contributed by atoms with Crippen molar-refractivity contribution in [3.05, 3.63) is 28.8 Å². The van der Waals surface area contributed by atoms with Crippen LogP contribution in [0.1, 0.15) is 18.4 Å². The normalized spacial score (nSPS) is 27.2. The van der Waals surface area contributed by atoms with Gasteiger partial charge in [-0.2, -0.15) is 4.31 Å². The van der Waals surface area contributed by atoms with Crippen LogP contribution in [0.5, 0.6) is 0 Å². The van der Waals surface area contributed by atoms with E-state index in [1.165, 1.54) is 4.31 Å². The summed E-state index contributed by atoms with van der Waals surface area (Å²) in [7, 11) is -3.65. The van der Waals surface area contributed by atoms with E-state index in [4.69, 9.17) is 21.1 Å². The second kappa shape index (κ2) is 6.45. The zero-order valence-corrected chi connectivity index (χ0v) is 14.1. The molecule has 0 bridgehead atoms. The van der Waals surface area contributed by atoms with E-state index in [0.717, 1.165) is 18.4 Å².